The Balaban J connectivity index is 2.46. The van der Waals surface area contributed by atoms with E-state index in [1.165, 1.54) is 24.3 Å². The average Bonchev–Trinajstić information content (AvgIpc) is 2.36. The second kappa shape index (κ2) is 5.47. The number of anilines is 2. The first-order valence-corrected chi connectivity index (χ1v) is 7.56. The molecule has 0 atom stereocenters. The number of nitrogens with one attached hydrogen (secondary N) is 1. The fourth-order valence-corrected chi connectivity index (χ4v) is 3.08. The lowest BCUT2D eigenvalue weighted by atomic mass is 10.3. The molecule has 8 heteroatoms. The van der Waals surface area contributed by atoms with Crippen LogP contribution in [0.3, 0.4) is 0 Å². The molecule has 0 amide bonds. The molecule has 0 aliphatic heterocycles. The molecule has 0 aromatic heterocycles. The van der Waals surface area contributed by atoms with Gasteiger partial charge in [-0.05, 0) is 36.4 Å². The van der Waals surface area contributed by atoms with Crippen molar-refractivity contribution in [3.8, 4) is 0 Å². The van der Waals surface area contributed by atoms with E-state index >= 15 is 0 Å². The predicted molar refractivity (Wildman–Crippen MR) is 78.1 cm³/mol. The number of nitrogens with two attached hydrogens (primary N) is 1. The van der Waals surface area contributed by atoms with Gasteiger partial charge in [-0.25, -0.2) is 12.8 Å². The molecule has 0 saturated heterocycles. The van der Waals surface area contributed by atoms with Crippen molar-refractivity contribution in [1.82, 2.24) is 0 Å². The summed E-state index contributed by atoms with van der Waals surface area (Å²) in [6.45, 7) is 0. The highest BCUT2D eigenvalue weighted by molar-refractivity contribution is 7.92. The van der Waals surface area contributed by atoms with Crippen molar-refractivity contribution in [2.24, 2.45) is 0 Å². The number of nitrogen functional groups attached to an aromatic ring is 1. The molecule has 0 aliphatic rings. The maximum atomic E-state index is 13.6. The van der Waals surface area contributed by atoms with Crippen molar-refractivity contribution < 1.29 is 12.8 Å². The van der Waals surface area contributed by atoms with Crippen LogP contribution < -0.4 is 10.5 Å². The Hall–Kier alpha value is -1.50. The molecule has 0 radical (unpaired) electrons. The van der Waals surface area contributed by atoms with E-state index in [-0.39, 0.29) is 16.4 Å². The van der Waals surface area contributed by atoms with Crippen molar-refractivity contribution in [3.05, 3.63) is 52.3 Å². The lowest BCUT2D eigenvalue weighted by Gasteiger charge is -2.11. The van der Waals surface area contributed by atoms with E-state index in [1.807, 2.05) is 0 Å². The average molecular weight is 335 g/mol. The summed E-state index contributed by atoms with van der Waals surface area (Å²) in [5, 5.41) is 0.433. The highest BCUT2D eigenvalue weighted by atomic mass is 35.5. The Labute approximate surface area is 125 Å². The lowest BCUT2D eigenvalue weighted by Crippen LogP contribution is -2.15. The first kappa shape index (κ1) is 14.9. The molecule has 0 saturated carbocycles. The highest BCUT2D eigenvalue weighted by Crippen LogP contribution is 2.28. The van der Waals surface area contributed by atoms with Crippen LogP contribution in [-0.2, 0) is 10.0 Å². The zero-order valence-electron chi connectivity index (χ0n) is 9.90. The molecule has 4 nitrogen and oxygen atoms in total. The lowest BCUT2D eigenvalue weighted by molar-refractivity contribution is 0.570. The third-order valence-electron chi connectivity index (χ3n) is 2.42. The monoisotopic (exact) mass is 334 g/mol. The van der Waals surface area contributed by atoms with Crippen molar-refractivity contribution >= 4 is 44.6 Å². The van der Waals surface area contributed by atoms with Gasteiger partial charge in [0.1, 0.15) is 10.7 Å². The minimum atomic E-state index is -4.15. The molecule has 2 rings (SSSR count). The van der Waals surface area contributed by atoms with Crippen molar-refractivity contribution in [3.63, 3.8) is 0 Å². The van der Waals surface area contributed by atoms with Crippen molar-refractivity contribution in [2.45, 2.75) is 4.90 Å². The van der Waals surface area contributed by atoms with E-state index < -0.39 is 20.7 Å². The van der Waals surface area contributed by atoms with Crippen LogP contribution in [0.1, 0.15) is 0 Å². The zero-order valence-corrected chi connectivity index (χ0v) is 12.2. The minimum absolute atomic E-state index is 0.0565. The fourth-order valence-electron chi connectivity index (χ4n) is 1.50. The summed E-state index contributed by atoms with van der Waals surface area (Å²) in [6.07, 6.45) is 0. The molecule has 0 unspecified atom stereocenters. The van der Waals surface area contributed by atoms with E-state index in [1.54, 1.807) is 0 Å². The van der Waals surface area contributed by atoms with Crippen LogP contribution in [-0.4, -0.2) is 8.42 Å². The molecular formula is C12H9Cl2FN2O2S. The number of hydrogen-bond acceptors (Lipinski definition) is 3. The Morgan fingerprint density at radius 3 is 2.50 bits per heavy atom. The van der Waals surface area contributed by atoms with Crippen LogP contribution in [0.4, 0.5) is 15.8 Å². The summed E-state index contributed by atoms with van der Waals surface area (Å²) < 4.78 is 40.0. The van der Waals surface area contributed by atoms with Crippen LogP contribution in [0, 0.1) is 5.82 Å². The standard InChI is InChI=1S/C12H9Cl2FN2O2S/c13-7-1-3-9(14)11(5-7)17-20(18,19)12-6-8(16)2-4-10(12)15/h1-6,17H,16H2. The van der Waals surface area contributed by atoms with Gasteiger partial charge in [0.25, 0.3) is 10.0 Å². The van der Waals surface area contributed by atoms with E-state index in [2.05, 4.69) is 4.72 Å². The summed E-state index contributed by atoms with van der Waals surface area (Å²) in [4.78, 5) is -0.562. The molecule has 0 spiro atoms. The van der Waals surface area contributed by atoms with Gasteiger partial charge in [-0.3, -0.25) is 4.72 Å². The third-order valence-corrected chi connectivity index (χ3v) is 4.36. The fraction of sp³-hybridized carbons (Fsp3) is 0. The molecule has 0 fully saturated rings. The predicted octanol–water partition coefficient (Wildman–Crippen LogP) is 3.52. The SMILES string of the molecule is Nc1ccc(F)c(S(=O)(=O)Nc2cc(Cl)ccc2Cl)c1. The molecule has 0 aliphatic carbocycles. The third kappa shape index (κ3) is 3.15. The maximum Gasteiger partial charge on any atom is 0.264 e. The van der Waals surface area contributed by atoms with Crippen LogP contribution in [0.2, 0.25) is 10.0 Å². The van der Waals surface area contributed by atoms with Gasteiger partial charge in [-0.2, -0.15) is 0 Å². The first-order chi connectivity index (χ1) is 9.29. The van der Waals surface area contributed by atoms with Crippen molar-refractivity contribution in [1.29, 1.82) is 0 Å². The Kier molecular flexibility index (Phi) is 4.08. The summed E-state index contributed by atoms with van der Waals surface area (Å²) in [7, 11) is -4.15. The molecule has 0 bridgehead atoms. The summed E-state index contributed by atoms with van der Waals surface area (Å²) in [5.74, 6) is -0.912. The number of hydrogen-bond donors (Lipinski definition) is 2. The molecule has 2 aromatic carbocycles. The molecule has 0 heterocycles. The molecule has 2 aromatic rings. The second-order valence-electron chi connectivity index (χ2n) is 3.92. The first-order valence-electron chi connectivity index (χ1n) is 5.32. The van der Waals surface area contributed by atoms with E-state index in [0.717, 1.165) is 12.1 Å². The largest absolute Gasteiger partial charge is 0.399 e. The Morgan fingerprint density at radius 2 is 1.80 bits per heavy atom. The number of sulfonamides is 1. The number of halogens is 3. The van der Waals surface area contributed by atoms with Crippen molar-refractivity contribution in [2.75, 3.05) is 10.5 Å². The van der Waals surface area contributed by atoms with Crippen LogP contribution in [0.5, 0.6) is 0 Å². The van der Waals surface area contributed by atoms with Gasteiger partial charge in [0.05, 0.1) is 10.7 Å². The molecule has 106 valence electrons. The molecule has 3 N–H and O–H groups in total. The van der Waals surface area contributed by atoms with Gasteiger partial charge in [0.15, 0.2) is 0 Å². The quantitative estimate of drug-likeness (QED) is 0.843. The normalized spacial score (nSPS) is 11.3. The van der Waals surface area contributed by atoms with Gasteiger partial charge >= 0.3 is 0 Å². The summed E-state index contributed by atoms with van der Waals surface area (Å²) in [5.41, 5.74) is 5.65. The smallest absolute Gasteiger partial charge is 0.264 e. The van der Waals surface area contributed by atoms with E-state index in [4.69, 9.17) is 28.9 Å². The highest BCUT2D eigenvalue weighted by Gasteiger charge is 2.20. The topological polar surface area (TPSA) is 72.2 Å². The van der Waals surface area contributed by atoms with E-state index in [9.17, 15) is 12.8 Å². The van der Waals surface area contributed by atoms with Gasteiger partial charge in [0.2, 0.25) is 0 Å². The van der Waals surface area contributed by atoms with E-state index in [0.29, 0.717) is 5.02 Å². The molecular weight excluding hydrogens is 326 g/mol. The second-order valence-corrected chi connectivity index (χ2v) is 6.41. The number of rotatable bonds is 3. The van der Waals surface area contributed by atoms with Gasteiger partial charge in [-0.15, -0.1) is 0 Å². The van der Waals surface area contributed by atoms with Crippen LogP contribution in [0.25, 0.3) is 0 Å². The van der Waals surface area contributed by atoms with Crippen LogP contribution in [0.15, 0.2) is 41.3 Å². The Bertz CT molecular complexity index is 766. The summed E-state index contributed by atoms with van der Waals surface area (Å²) >= 11 is 11.6. The maximum absolute atomic E-state index is 13.6. The van der Waals surface area contributed by atoms with Gasteiger partial charge in [-0.1, -0.05) is 23.2 Å². The zero-order chi connectivity index (χ0) is 14.9. The number of benzene rings is 2. The minimum Gasteiger partial charge on any atom is -0.399 e. The summed E-state index contributed by atoms with van der Waals surface area (Å²) in [6, 6.07) is 7.52. The van der Waals surface area contributed by atoms with Gasteiger partial charge < -0.3 is 5.73 Å². The molecule has 20 heavy (non-hydrogen) atoms. The van der Waals surface area contributed by atoms with Crippen LogP contribution >= 0.6 is 23.2 Å². The Morgan fingerprint density at radius 1 is 1.10 bits per heavy atom. The van der Waals surface area contributed by atoms with Gasteiger partial charge in [0, 0.05) is 10.7 Å².